The molecular weight excluding hydrogens is 372 g/mol. The van der Waals surface area contributed by atoms with Crippen LogP contribution in [0.4, 0.5) is 11.5 Å². The number of aromatic nitrogens is 1. The number of hydrogen-bond donors (Lipinski definition) is 1. The number of aryl methyl sites for hydroxylation is 3. The largest absolute Gasteiger partial charge is 0.497 e. The van der Waals surface area contributed by atoms with E-state index in [4.69, 9.17) is 4.74 Å². The highest BCUT2D eigenvalue weighted by Gasteiger charge is 2.23. The van der Waals surface area contributed by atoms with Gasteiger partial charge in [0, 0.05) is 11.4 Å². The SMILES string of the molecule is CCc1ccc(S(=O)(=O)c2ccc(C)nc2Nc2ccc(OC)cc2C)cc1. The minimum atomic E-state index is -3.71. The zero-order chi connectivity index (χ0) is 20.3. The molecule has 0 radical (unpaired) electrons. The molecule has 2 aromatic carbocycles. The number of nitrogens with zero attached hydrogens (tertiary/aromatic N) is 1. The molecule has 0 atom stereocenters. The molecule has 1 heterocycles. The molecule has 28 heavy (non-hydrogen) atoms. The number of pyridine rings is 1. The molecule has 0 aliphatic rings. The summed E-state index contributed by atoms with van der Waals surface area (Å²) in [5.41, 5.74) is 3.53. The first kappa shape index (κ1) is 19.9. The lowest BCUT2D eigenvalue weighted by Crippen LogP contribution is -2.08. The molecule has 3 aromatic rings. The first-order valence-corrected chi connectivity index (χ1v) is 10.6. The Morgan fingerprint density at radius 1 is 1.00 bits per heavy atom. The zero-order valence-corrected chi connectivity index (χ0v) is 17.3. The van der Waals surface area contributed by atoms with Gasteiger partial charge in [-0.25, -0.2) is 13.4 Å². The number of anilines is 2. The molecule has 1 N–H and O–H groups in total. The van der Waals surface area contributed by atoms with Crippen LogP contribution in [0.15, 0.2) is 64.4 Å². The molecule has 6 heteroatoms. The third-order valence-electron chi connectivity index (χ3n) is 4.62. The Labute approximate surface area is 166 Å². The molecular formula is C22H24N2O3S. The molecule has 5 nitrogen and oxygen atoms in total. The Hall–Kier alpha value is -2.86. The average Bonchev–Trinajstić information content (AvgIpc) is 2.69. The minimum absolute atomic E-state index is 0.151. The predicted octanol–water partition coefficient (Wildman–Crippen LogP) is 4.85. The molecule has 0 aliphatic heterocycles. The molecule has 0 saturated heterocycles. The maximum Gasteiger partial charge on any atom is 0.210 e. The molecule has 0 bridgehead atoms. The quantitative estimate of drug-likeness (QED) is 0.645. The second-order valence-electron chi connectivity index (χ2n) is 6.61. The summed E-state index contributed by atoms with van der Waals surface area (Å²) in [6.45, 7) is 5.80. The number of benzene rings is 2. The van der Waals surface area contributed by atoms with Crippen LogP contribution in [0.1, 0.15) is 23.7 Å². The predicted molar refractivity (Wildman–Crippen MR) is 111 cm³/mol. The molecule has 0 aliphatic carbocycles. The van der Waals surface area contributed by atoms with Crippen LogP contribution in [-0.4, -0.2) is 20.5 Å². The highest BCUT2D eigenvalue weighted by Crippen LogP contribution is 2.31. The molecule has 0 saturated carbocycles. The molecule has 3 rings (SSSR count). The van der Waals surface area contributed by atoms with Gasteiger partial charge >= 0.3 is 0 Å². The van der Waals surface area contributed by atoms with Gasteiger partial charge in [-0.3, -0.25) is 0 Å². The molecule has 0 spiro atoms. The van der Waals surface area contributed by atoms with Gasteiger partial charge in [0.2, 0.25) is 9.84 Å². The van der Waals surface area contributed by atoms with Crippen LogP contribution in [0.3, 0.4) is 0 Å². The van der Waals surface area contributed by atoms with Crippen LogP contribution in [0.2, 0.25) is 0 Å². The smallest absolute Gasteiger partial charge is 0.210 e. The van der Waals surface area contributed by atoms with Crippen molar-refractivity contribution in [3.63, 3.8) is 0 Å². The lowest BCUT2D eigenvalue weighted by atomic mass is 10.2. The maximum absolute atomic E-state index is 13.2. The van der Waals surface area contributed by atoms with Crippen LogP contribution in [0, 0.1) is 13.8 Å². The Bertz CT molecular complexity index is 1090. The van der Waals surface area contributed by atoms with E-state index in [1.807, 2.05) is 51.1 Å². The lowest BCUT2D eigenvalue weighted by Gasteiger charge is -2.15. The summed E-state index contributed by atoms with van der Waals surface area (Å²) in [6, 6.07) is 15.9. The van der Waals surface area contributed by atoms with Crippen molar-refractivity contribution < 1.29 is 13.2 Å². The Balaban J connectivity index is 2.05. The second kappa shape index (κ2) is 8.02. The van der Waals surface area contributed by atoms with E-state index in [0.717, 1.165) is 34.7 Å². The number of sulfone groups is 1. The van der Waals surface area contributed by atoms with E-state index in [-0.39, 0.29) is 9.79 Å². The summed E-state index contributed by atoms with van der Waals surface area (Å²) in [5, 5.41) is 3.19. The zero-order valence-electron chi connectivity index (χ0n) is 16.5. The van der Waals surface area contributed by atoms with Gasteiger partial charge < -0.3 is 10.1 Å². The lowest BCUT2D eigenvalue weighted by molar-refractivity contribution is 0.414. The van der Waals surface area contributed by atoms with Crippen LogP contribution in [0.5, 0.6) is 5.75 Å². The van der Waals surface area contributed by atoms with Gasteiger partial charge in [0.25, 0.3) is 0 Å². The molecule has 0 amide bonds. The molecule has 0 unspecified atom stereocenters. The molecule has 146 valence electrons. The van der Waals surface area contributed by atoms with Gasteiger partial charge in [0.05, 0.1) is 12.0 Å². The van der Waals surface area contributed by atoms with Crippen molar-refractivity contribution in [3.05, 3.63) is 71.4 Å². The fourth-order valence-corrected chi connectivity index (χ4v) is 4.26. The van der Waals surface area contributed by atoms with Crippen molar-refractivity contribution >= 4 is 21.3 Å². The summed E-state index contributed by atoms with van der Waals surface area (Å²) in [5.74, 6) is 1.05. The van der Waals surface area contributed by atoms with E-state index in [9.17, 15) is 8.42 Å². The fraction of sp³-hybridized carbons (Fsp3) is 0.227. The van der Waals surface area contributed by atoms with E-state index < -0.39 is 9.84 Å². The summed E-state index contributed by atoms with van der Waals surface area (Å²) >= 11 is 0. The van der Waals surface area contributed by atoms with Gasteiger partial charge in [-0.2, -0.15) is 0 Å². The number of methoxy groups -OCH3 is 1. The summed E-state index contributed by atoms with van der Waals surface area (Å²) in [7, 11) is -2.10. The summed E-state index contributed by atoms with van der Waals surface area (Å²) in [6.07, 6.45) is 0.857. The summed E-state index contributed by atoms with van der Waals surface area (Å²) in [4.78, 5) is 4.86. The van der Waals surface area contributed by atoms with Crippen LogP contribution >= 0.6 is 0 Å². The van der Waals surface area contributed by atoms with Crippen LogP contribution in [0.25, 0.3) is 0 Å². The third-order valence-corrected chi connectivity index (χ3v) is 6.42. The first-order chi connectivity index (χ1) is 13.3. The summed E-state index contributed by atoms with van der Waals surface area (Å²) < 4.78 is 31.7. The Kier molecular flexibility index (Phi) is 5.70. The van der Waals surface area contributed by atoms with Crippen LogP contribution < -0.4 is 10.1 Å². The average molecular weight is 397 g/mol. The van der Waals surface area contributed by atoms with Crippen molar-refractivity contribution in [2.24, 2.45) is 0 Å². The van der Waals surface area contributed by atoms with Crippen LogP contribution in [-0.2, 0) is 16.3 Å². The maximum atomic E-state index is 13.2. The van der Waals surface area contributed by atoms with E-state index in [1.54, 1.807) is 31.4 Å². The Morgan fingerprint density at radius 3 is 2.32 bits per heavy atom. The van der Waals surface area contributed by atoms with Gasteiger partial charge in [-0.15, -0.1) is 0 Å². The van der Waals surface area contributed by atoms with E-state index in [0.29, 0.717) is 5.82 Å². The van der Waals surface area contributed by atoms with Gasteiger partial charge in [0.1, 0.15) is 16.5 Å². The monoisotopic (exact) mass is 396 g/mol. The van der Waals surface area contributed by atoms with E-state index in [2.05, 4.69) is 10.3 Å². The third kappa shape index (κ3) is 4.02. The number of ether oxygens (including phenoxy) is 1. The highest BCUT2D eigenvalue weighted by molar-refractivity contribution is 7.91. The standard InChI is InChI=1S/C22H24N2O3S/c1-5-17-7-10-19(11-8-17)28(25,26)21-13-6-16(3)23-22(21)24-20-12-9-18(27-4)14-15(20)2/h6-14H,5H2,1-4H3,(H,23,24). The van der Waals surface area contributed by atoms with E-state index in [1.165, 1.54) is 0 Å². The number of hydrogen-bond acceptors (Lipinski definition) is 5. The normalized spacial score (nSPS) is 11.3. The molecule has 1 aromatic heterocycles. The van der Waals surface area contributed by atoms with Crippen molar-refractivity contribution in [2.45, 2.75) is 37.0 Å². The van der Waals surface area contributed by atoms with Crippen molar-refractivity contribution in [1.82, 2.24) is 4.98 Å². The van der Waals surface area contributed by atoms with Crippen molar-refractivity contribution in [2.75, 3.05) is 12.4 Å². The Morgan fingerprint density at radius 2 is 1.71 bits per heavy atom. The fourth-order valence-electron chi connectivity index (χ4n) is 2.91. The van der Waals surface area contributed by atoms with Crippen molar-refractivity contribution in [1.29, 1.82) is 0 Å². The van der Waals surface area contributed by atoms with Crippen molar-refractivity contribution in [3.8, 4) is 5.75 Å². The molecule has 0 fully saturated rings. The first-order valence-electron chi connectivity index (χ1n) is 9.08. The number of nitrogens with one attached hydrogen (secondary N) is 1. The van der Waals surface area contributed by atoms with Gasteiger partial charge in [-0.05, 0) is 73.9 Å². The highest BCUT2D eigenvalue weighted by atomic mass is 32.2. The topological polar surface area (TPSA) is 68.3 Å². The van der Waals surface area contributed by atoms with E-state index >= 15 is 0 Å². The van der Waals surface area contributed by atoms with Gasteiger partial charge in [0.15, 0.2) is 0 Å². The van der Waals surface area contributed by atoms with Gasteiger partial charge in [-0.1, -0.05) is 19.1 Å². The minimum Gasteiger partial charge on any atom is -0.497 e. The second-order valence-corrected chi connectivity index (χ2v) is 8.52. The number of rotatable bonds is 6.